The van der Waals surface area contributed by atoms with Gasteiger partial charge in [-0.25, -0.2) is 8.42 Å². The molecule has 1 aliphatic heterocycles. The Kier molecular flexibility index (Phi) is 6.00. The van der Waals surface area contributed by atoms with Gasteiger partial charge in [0.1, 0.15) is 18.8 Å². The molecule has 0 saturated heterocycles. The number of para-hydroxylation sites is 2. The van der Waals surface area contributed by atoms with E-state index < -0.39 is 22.0 Å². The topological polar surface area (TPSA) is 84.9 Å². The highest BCUT2D eigenvalue weighted by Gasteiger charge is 2.30. The largest absolute Gasteiger partial charge is 0.486 e. The maximum Gasteiger partial charge on any atom is 0.243 e. The molecule has 2 atom stereocenters. The molecule has 1 amide bonds. The van der Waals surface area contributed by atoms with Crippen molar-refractivity contribution in [1.82, 2.24) is 5.32 Å². The van der Waals surface area contributed by atoms with Crippen LogP contribution in [0.15, 0.2) is 48.5 Å². The number of anilines is 1. The highest BCUT2D eigenvalue weighted by molar-refractivity contribution is 7.92. The summed E-state index contributed by atoms with van der Waals surface area (Å²) in [6.45, 7) is 2.01. The molecule has 2 aromatic rings. The van der Waals surface area contributed by atoms with E-state index in [1.807, 2.05) is 18.2 Å². The number of rotatable bonds is 6. The summed E-state index contributed by atoms with van der Waals surface area (Å²) in [7, 11) is -3.68. The smallest absolute Gasteiger partial charge is 0.243 e. The van der Waals surface area contributed by atoms with Crippen LogP contribution in [0.4, 0.5) is 5.69 Å². The van der Waals surface area contributed by atoms with Gasteiger partial charge in [-0.05, 0) is 43.3 Å². The van der Waals surface area contributed by atoms with Crippen molar-refractivity contribution in [2.24, 2.45) is 0 Å². The Hall–Kier alpha value is -2.45. The van der Waals surface area contributed by atoms with Gasteiger partial charge >= 0.3 is 0 Å². The van der Waals surface area contributed by atoms with Crippen LogP contribution in [0.3, 0.4) is 0 Å². The molecule has 28 heavy (non-hydrogen) atoms. The lowest BCUT2D eigenvalue weighted by atomic mass is 10.2. The lowest BCUT2D eigenvalue weighted by Gasteiger charge is -2.30. The van der Waals surface area contributed by atoms with Crippen molar-refractivity contribution in [2.45, 2.75) is 19.1 Å². The van der Waals surface area contributed by atoms with Gasteiger partial charge in [-0.2, -0.15) is 0 Å². The van der Waals surface area contributed by atoms with Gasteiger partial charge in [-0.3, -0.25) is 9.10 Å². The standard InChI is InChI=1S/C19H21ClN2O5S/c1-13(22(28(2,24)25)15-9-7-14(20)8-10-15)19(23)21-11-16-12-26-17-5-3-4-6-18(17)27-16/h3-10,13,16H,11-12H2,1-2H3,(H,21,23)/t13-,16-/m0/s1. The van der Waals surface area contributed by atoms with Gasteiger partial charge in [0.05, 0.1) is 18.5 Å². The first kappa shape index (κ1) is 20.3. The molecule has 7 nitrogen and oxygen atoms in total. The van der Waals surface area contributed by atoms with Crippen LogP contribution in [0.25, 0.3) is 0 Å². The van der Waals surface area contributed by atoms with Crippen LogP contribution in [0.1, 0.15) is 6.92 Å². The van der Waals surface area contributed by atoms with Gasteiger partial charge < -0.3 is 14.8 Å². The van der Waals surface area contributed by atoms with Crippen LogP contribution in [-0.4, -0.2) is 45.9 Å². The molecule has 0 bridgehead atoms. The first-order valence-electron chi connectivity index (χ1n) is 8.67. The summed E-state index contributed by atoms with van der Waals surface area (Å²) in [4.78, 5) is 12.6. The van der Waals surface area contributed by atoms with Crippen LogP contribution in [-0.2, 0) is 14.8 Å². The van der Waals surface area contributed by atoms with Crippen LogP contribution in [0.2, 0.25) is 5.02 Å². The van der Waals surface area contributed by atoms with E-state index in [9.17, 15) is 13.2 Å². The highest BCUT2D eigenvalue weighted by Crippen LogP contribution is 2.30. The molecule has 9 heteroatoms. The molecule has 0 aromatic heterocycles. The van der Waals surface area contributed by atoms with Crippen molar-refractivity contribution in [3.63, 3.8) is 0 Å². The molecule has 1 heterocycles. The molecule has 1 N–H and O–H groups in total. The van der Waals surface area contributed by atoms with Gasteiger partial charge in [-0.1, -0.05) is 23.7 Å². The predicted molar refractivity (Wildman–Crippen MR) is 108 cm³/mol. The van der Waals surface area contributed by atoms with Gasteiger partial charge in [0.25, 0.3) is 0 Å². The van der Waals surface area contributed by atoms with Crippen molar-refractivity contribution >= 4 is 33.2 Å². The maximum absolute atomic E-state index is 12.6. The molecule has 0 radical (unpaired) electrons. The number of hydrogen-bond acceptors (Lipinski definition) is 5. The van der Waals surface area contributed by atoms with E-state index in [1.54, 1.807) is 30.3 Å². The quantitative estimate of drug-likeness (QED) is 0.769. The minimum Gasteiger partial charge on any atom is -0.486 e. The Labute approximate surface area is 169 Å². The lowest BCUT2D eigenvalue weighted by molar-refractivity contribution is -0.122. The number of fused-ring (bicyclic) bond motifs is 1. The summed E-state index contributed by atoms with van der Waals surface area (Å²) in [6, 6.07) is 12.6. The zero-order valence-corrected chi connectivity index (χ0v) is 17.0. The van der Waals surface area contributed by atoms with Crippen molar-refractivity contribution in [2.75, 3.05) is 23.7 Å². The number of nitrogens with zero attached hydrogens (tertiary/aromatic N) is 1. The van der Waals surface area contributed by atoms with E-state index in [-0.39, 0.29) is 12.6 Å². The summed E-state index contributed by atoms with van der Waals surface area (Å²) in [5.41, 5.74) is 0.362. The highest BCUT2D eigenvalue weighted by atomic mass is 35.5. The van der Waals surface area contributed by atoms with Gasteiger partial charge in [-0.15, -0.1) is 0 Å². The van der Waals surface area contributed by atoms with Crippen molar-refractivity contribution in [3.05, 3.63) is 53.6 Å². The molecule has 150 valence electrons. The second kappa shape index (κ2) is 8.28. The molecule has 2 aromatic carbocycles. The number of ether oxygens (including phenoxy) is 2. The van der Waals surface area contributed by atoms with Crippen LogP contribution >= 0.6 is 11.6 Å². The molecular formula is C19H21ClN2O5S. The normalized spacial score (nSPS) is 16.9. The van der Waals surface area contributed by atoms with Crippen LogP contribution < -0.4 is 19.1 Å². The van der Waals surface area contributed by atoms with E-state index in [0.717, 1.165) is 10.6 Å². The number of carbonyl (C=O) groups excluding carboxylic acids is 1. The fourth-order valence-electron chi connectivity index (χ4n) is 2.92. The number of nitrogens with one attached hydrogen (secondary N) is 1. The lowest BCUT2D eigenvalue weighted by Crippen LogP contribution is -2.50. The van der Waals surface area contributed by atoms with E-state index >= 15 is 0 Å². The van der Waals surface area contributed by atoms with E-state index in [2.05, 4.69) is 5.32 Å². The van der Waals surface area contributed by atoms with E-state index in [0.29, 0.717) is 28.8 Å². The summed E-state index contributed by atoms with van der Waals surface area (Å²) >= 11 is 5.87. The second-order valence-electron chi connectivity index (χ2n) is 6.45. The van der Waals surface area contributed by atoms with E-state index in [1.165, 1.54) is 6.92 Å². The summed E-state index contributed by atoms with van der Waals surface area (Å²) in [5, 5.41) is 3.22. The van der Waals surface area contributed by atoms with Gasteiger partial charge in [0.2, 0.25) is 15.9 Å². The van der Waals surface area contributed by atoms with Gasteiger partial charge in [0, 0.05) is 5.02 Å². The molecule has 1 aliphatic rings. The molecule has 0 fully saturated rings. The fourth-order valence-corrected chi connectivity index (χ4v) is 4.22. The molecule has 0 aliphatic carbocycles. The van der Waals surface area contributed by atoms with Crippen LogP contribution in [0.5, 0.6) is 11.5 Å². The number of carbonyl (C=O) groups is 1. The minimum absolute atomic E-state index is 0.190. The Balaban J connectivity index is 1.66. The Morgan fingerprint density at radius 1 is 1.21 bits per heavy atom. The Morgan fingerprint density at radius 3 is 2.50 bits per heavy atom. The molecule has 0 spiro atoms. The fraction of sp³-hybridized carbons (Fsp3) is 0.316. The average Bonchev–Trinajstić information content (AvgIpc) is 2.66. The first-order chi connectivity index (χ1) is 13.3. The van der Waals surface area contributed by atoms with Gasteiger partial charge in [0.15, 0.2) is 11.5 Å². The maximum atomic E-state index is 12.6. The first-order valence-corrected chi connectivity index (χ1v) is 10.9. The summed E-state index contributed by atoms with van der Waals surface area (Å²) in [5.74, 6) is 0.826. The third kappa shape index (κ3) is 4.69. The van der Waals surface area contributed by atoms with E-state index in [4.69, 9.17) is 21.1 Å². The number of benzene rings is 2. The predicted octanol–water partition coefficient (Wildman–Crippen LogP) is 2.45. The number of hydrogen-bond donors (Lipinski definition) is 1. The van der Waals surface area contributed by atoms with Crippen LogP contribution in [0, 0.1) is 0 Å². The molecule has 0 saturated carbocycles. The Morgan fingerprint density at radius 2 is 1.86 bits per heavy atom. The zero-order valence-electron chi connectivity index (χ0n) is 15.5. The third-order valence-corrected chi connectivity index (χ3v) is 5.73. The minimum atomic E-state index is -3.68. The third-order valence-electron chi connectivity index (χ3n) is 4.24. The monoisotopic (exact) mass is 424 g/mol. The van der Waals surface area contributed by atoms with Crippen molar-refractivity contribution < 1.29 is 22.7 Å². The molecular weight excluding hydrogens is 404 g/mol. The number of amides is 1. The van der Waals surface area contributed by atoms with Crippen molar-refractivity contribution in [3.8, 4) is 11.5 Å². The second-order valence-corrected chi connectivity index (χ2v) is 8.75. The van der Waals surface area contributed by atoms with Crippen molar-refractivity contribution in [1.29, 1.82) is 0 Å². The Bertz CT molecular complexity index is 949. The average molecular weight is 425 g/mol. The number of sulfonamides is 1. The molecule has 3 rings (SSSR count). The zero-order chi connectivity index (χ0) is 20.3. The summed E-state index contributed by atoms with van der Waals surface area (Å²) in [6.07, 6.45) is 0.689. The SMILES string of the molecule is C[C@@H](C(=O)NC[C@H]1COc2ccccc2O1)N(c1ccc(Cl)cc1)S(C)(=O)=O. The molecule has 0 unspecified atom stereocenters. The summed E-state index contributed by atoms with van der Waals surface area (Å²) < 4.78 is 37.0. The number of halogens is 1.